The molecule has 1 aliphatic heterocycles. The van der Waals surface area contributed by atoms with Gasteiger partial charge in [0, 0.05) is 18.3 Å². The minimum absolute atomic E-state index is 0.106. The van der Waals surface area contributed by atoms with Gasteiger partial charge in [-0.2, -0.15) is 5.10 Å². The van der Waals surface area contributed by atoms with Crippen molar-refractivity contribution in [1.82, 2.24) is 20.0 Å². The second-order valence-corrected chi connectivity index (χ2v) is 7.84. The molecule has 0 aliphatic carbocycles. The maximum atomic E-state index is 12.7. The maximum Gasteiger partial charge on any atom is 0.276 e. The molecule has 1 fully saturated rings. The van der Waals surface area contributed by atoms with Crippen molar-refractivity contribution in [3.05, 3.63) is 59.0 Å². The predicted molar refractivity (Wildman–Crippen MR) is 107 cm³/mol. The Kier molecular flexibility index (Phi) is 4.96. The Labute approximate surface area is 159 Å². The van der Waals surface area contributed by atoms with E-state index < -0.39 is 0 Å². The molecule has 1 aromatic carbocycles. The van der Waals surface area contributed by atoms with E-state index in [9.17, 15) is 4.79 Å². The fraction of sp³-hybridized carbons (Fsp3) is 0.350. The molecule has 1 aromatic heterocycles. The van der Waals surface area contributed by atoms with E-state index in [-0.39, 0.29) is 11.3 Å². The van der Waals surface area contributed by atoms with Gasteiger partial charge in [-0.15, -0.1) is 0 Å². The van der Waals surface area contributed by atoms with Crippen LogP contribution in [0.1, 0.15) is 44.4 Å². The van der Waals surface area contributed by atoms with Crippen molar-refractivity contribution in [3.8, 4) is 0 Å². The molecule has 1 aliphatic rings. The van der Waals surface area contributed by atoms with Crippen LogP contribution in [0.2, 0.25) is 0 Å². The van der Waals surface area contributed by atoms with Crippen molar-refractivity contribution in [2.24, 2.45) is 0 Å². The van der Waals surface area contributed by atoms with Gasteiger partial charge >= 0.3 is 0 Å². The second-order valence-electron chi connectivity index (χ2n) is 7.46. The molecule has 0 saturated carbocycles. The van der Waals surface area contributed by atoms with Gasteiger partial charge in [0.2, 0.25) is 0 Å². The smallest absolute Gasteiger partial charge is 0.276 e. The van der Waals surface area contributed by atoms with E-state index in [2.05, 4.69) is 43.3 Å². The number of hydrogen-bond acceptors (Lipinski definition) is 3. The Hall–Kier alpha value is -2.47. The van der Waals surface area contributed by atoms with Gasteiger partial charge in [-0.3, -0.25) is 14.4 Å². The Morgan fingerprint density at radius 1 is 1.23 bits per heavy atom. The molecule has 0 unspecified atom stereocenters. The average molecular weight is 369 g/mol. The van der Waals surface area contributed by atoms with Crippen LogP contribution in [-0.4, -0.2) is 25.7 Å². The number of carbonyl (C=O) groups excluding carboxylic acids is 1. The quantitative estimate of drug-likeness (QED) is 0.663. The monoisotopic (exact) mass is 368 g/mol. The van der Waals surface area contributed by atoms with Crippen LogP contribution in [-0.2, 0) is 23.3 Å². The zero-order valence-electron chi connectivity index (χ0n) is 15.6. The molecule has 0 atom stereocenters. The van der Waals surface area contributed by atoms with Crippen LogP contribution in [0.3, 0.4) is 0 Å². The lowest BCUT2D eigenvalue weighted by molar-refractivity contribution is -0.122. The molecule has 2 heterocycles. The Morgan fingerprint density at radius 3 is 2.50 bits per heavy atom. The topological polar surface area (TPSA) is 50.2 Å². The third kappa shape index (κ3) is 3.85. The third-order valence-corrected chi connectivity index (χ3v) is 4.72. The number of carbonyl (C=O) groups is 1. The van der Waals surface area contributed by atoms with Crippen LogP contribution in [0.15, 0.2) is 42.4 Å². The van der Waals surface area contributed by atoms with E-state index in [4.69, 9.17) is 12.2 Å². The summed E-state index contributed by atoms with van der Waals surface area (Å²) in [4.78, 5) is 14.3. The molecule has 0 radical (unpaired) electrons. The van der Waals surface area contributed by atoms with E-state index in [1.165, 1.54) is 5.56 Å². The van der Waals surface area contributed by atoms with Gasteiger partial charge in [-0.05, 0) is 41.8 Å². The van der Waals surface area contributed by atoms with E-state index in [0.29, 0.717) is 17.4 Å². The summed E-state index contributed by atoms with van der Waals surface area (Å²) in [6.07, 6.45) is 5.55. The predicted octanol–water partition coefficient (Wildman–Crippen LogP) is 3.46. The first-order valence-electron chi connectivity index (χ1n) is 8.74. The van der Waals surface area contributed by atoms with E-state index in [1.54, 1.807) is 11.1 Å². The van der Waals surface area contributed by atoms with Gasteiger partial charge in [0.15, 0.2) is 5.11 Å². The van der Waals surface area contributed by atoms with Crippen LogP contribution in [0.25, 0.3) is 6.08 Å². The lowest BCUT2D eigenvalue weighted by Gasteiger charge is -2.18. The largest absolute Gasteiger partial charge is 0.328 e. The molecule has 0 bridgehead atoms. The molecule has 1 saturated heterocycles. The first-order valence-corrected chi connectivity index (χ1v) is 9.15. The summed E-state index contributed by atoms with van der Waals surface area (Å²) < 4.78 is 1.83. The molecule has 2 aromatic rings. The summed E-state index contributed by atoms with van der Waals surface area (Å²) in [5, 5.41) is 7.70. The molecule has 5 nitrogen and oxygen atoms in total. The minimum Gasteiger partial charge on any atom is -0.328 e. The number of rotatable bonds is 4. The normalized spacial score (nSPS) is 16.5. The van der Waals surface area contributed by atoms with Gasteiger partial charge in [0.25, 0.3) is 5.91 Å². The highest BCUT2D eigenvalue weighted by atomic mass is 32.1. The third-order valence-electron chi connectivity index (χ3n) is 4.40. The molecule has 1 N–H and O–H groups in total. The van der Waals surface area contributed by atoms with Gasteiger partial charge in [0.05, 0.1) is 12.7 Å². The number of amides is 1. The summed E-state index contributed by atoms with van der Waals surface area (Å²) in [7, 11) is 0. The van der Waals surface area contributed by atoms with Crippen LogP contribution < -0.4 is 5.32 Å². The van der Waals surface area contributed by atoms with Crippen molar-refractivity contribution < 1.29 is 4.79 Å². The number of aryl methyl sites for hydroxylation is 1. The molecule has 26 heavy (non-hydrogen) atoms. The molecular weight excluding hydrogens is 344 g/mol. The molecule has 1 amide bonds. The summed E-state index contributed by atoms with van der Waals surface area (Å²) >= 11 is 5.34. The van der Waals surface area contributed by atoms with Gasteiger partial charge in [-0.1, -0.05) is 45.0 Å². The van der Waals surface area contributed by atoms with Crippen molar-refractivity contribution in [1.29, 1.82) is 0 Å². The fourth-order valence-electron chi connectivity index (χ4n) is 2.80. The molecule has 136 valence electrons. The highest BCUT2D eigenvalue weighted by Crippen LogP contribution is 2.23. The van der Waals surface area contributed by atoms with Crippen LogP contribution in [0, 0.1) is 0 Å². The summed E-state index contributed by atoms with van der Waals surface area (Å²) in [6.45, 7) is 9.78. The van der Waals surface area contributed by atoms with Crippen LogP contribution in [0.4, 0.5) is 0 Å². The van der Waals surface area contributed by atoms with Crippen molar-refractivity contribution in [2.45, 2.75) is 46.2 Å². The van der Waals surface area contributed by atoms with Crippen LogP contribution >= 0.6 is 12.2 Å². The van der Waals surface area contributed by atoms with Crippen molar-refractivity contribution >= 4 is 29.3 Å². The van der Waals surface area contributed by atoms with Gasteiger partial charge in [-0.25, -0.2) is 0 Å². The second kappa shape index (κ2) is 7.03. The van der Waals surface area contributed by atoms with Crippen LogP contribution in [0.5, 0.6) is 0 Å². The van der Waals surface area contributed by atoms with Gasteiger partial charge < -0.3 is 5.32 Å². The Bertz CT molecular complexity index is 859. The zero-order valence-corrected chi connectivity index (χ0v) is 16.4. The number of aromatic nitrogens is 2. The number of nitrogens with one attached hydrogen (secondary N) is 1. The lowest BCUT2D eigenvalue weighted by atomic mass is 9.87. The highest BCUT2D eigenvalue weighted by Gasteiger charge is 2.30. The first-order chi connectivity index (χ1) is 12.3. The van der Waals surface area contributed by atoms with E-state index in [0.717, 1.165) is 17.7 Å². The maximum absolute atomic E-state index is 12.7. The number of nitrogens with zero attached hydrogens (tertiary/aromatic N) is 3. The summed E-state index contributed by atoms with van der Waals surface area (Å²) in [5.74, 6) is -0.112. The number of hydrogen-bond donors (Lipinski definition) is 1. The average Bonchev–Trinajstić information content (AvgIpc) is 3.15. The SMILES string of the molecule is CCn1cc(CN2C(=O)/C(=C\c3ccc(C(C)(C)C)cc3)NC2=S)cn1. The van der Waals surface area contributed by atoms with Gasteiger partial charge in [0.1, 0.15) is 5.70 Å². The standard InChI is InChI=1S/C20H24N4OS/c1-5-23-12-15(11-21-23)13-24-18(25)17(22-19(24)26)10-14-6-8-16(9-7-14)20(2,3)4/h6-12H,5,13H2,1-4H3,(H,22,26)/b17-10+. The van der Waals surface area contributed by atoms with Crippen molar-refractivity contribution in [2.75, 3.05) is 0 Å². The first kappa shape index (κ1) is 18.3. The molecular formula is C20H24N4OS. The van der Waals surface area contributed by atoms with E-state index >= 15 is 0 Å². The number of benzene rings is 1. The molecule has 3 rings (SSSR count). The Morgan fingerprint density at radius 2 is 1.92 bits per heavy atom. The zero-order chi connectivity index (χ0) is 18.9. The van der Waals surface area contributed by atoms with Crippen molar-refractivity contribution in [3.63, 3.8) is 0 Å². The van der Waals surface area contributed by atoms with E-state index in [1.807, 2.05) is 36.0 Å². The summed E-state index contributed by atoms with van der Waals surface area (Å²) in [6, 6.07) is 8.25. The minimum atomic E-state index is -0.112. The summed E-state index contributed by atoms with van der Waals surface area (Å²) in [5.41, 5.74) is 3.79. The number of thiocarbonyl (C=S) groups is 1. The lowest BCUT2D eigenvalue weighted by Crippen LogP contribution is -2.29. The Balaban J connectivity index is 1.76. The molecule has 0 spiro atoms. The highest BCUT2D eigenvalue weighted by molar-refractivity contribution is 7.80. The fourth-order valence-corrected chi connectivity index (χ4v) is 3.06. The molecule has 6 heteroatoms.